The predicted octanol–water partition coefficient (Wildman–Crippen LogP) is -7.32. The minimum atomic E-state index is -1.82. The molecule has 4 aliphatic rings. The van der Waals surface area contributed by atoms with Crippen LogP contribution in [0, 0.1) is 17.8 Å². The smallest absolute Gasteiger partial charge is 0.303 e. The zero-order valence-corrected chi connectivity index (χ0v) is 80.3. The van der Waals surface area contributed by atoms with E-state index in [9.17, 15) is 116 Å². The van der Waals surface area contributed by atoms with E-state index >= 15 is 4.79 Å². The maximum atomic E-state index is 15.1. The maximum Gasteiger partial charge on any atom is 0.303 e. The van der Waals surface area contributed by atoms with Crippen LogP contribution in [0.2, 0.25) is 0 Å². The molecule has 2 unspecified atom stereocenters. The quantitative estimate of drug-likeness (QED) is 0.0234. The van der Waals surface area contributed by atoms with Gasteiger partial charge in [0.15, 0.2) is 0 Å². The average molecular weight is 1970 g/mol. The molecule has 4 fully saturated rings. The molecule has 4 saturated heterocycles. The molecule has 0 radical (unpaired) electrons. The number of aromatic amines is 1. The van der Waals surface area contributed by atoms with Crippen molar-refractivity contribution in [1.82, 2.24) is 104 Å². The molecule has 17 atom stereocenters. The zero-order valence-electron chi connectivity index (χ0n) is 80.3. The molecule has 772 valence electrons. The summed E-state index contributed by atoms with van der Waals surface area (Å²) >= 11 is 0. The third kappa shape index (κ3) is 33.7. The fourth-order valence-corrected chi connectivity index (χ4v) is 17.1. The van der Waals surface area contributed by atoms with E-state index in [-0.39, 0.29) is 109 Å². The number of nitrogens with zero attached hydrogens (tertiary/aromatic N) is 4. The number of carbonyl (C=O) groups excluding carboxylic acids is 20. The van der Waals surface area contributed by atoms with Crippen LogP contribution in [0.3, 0.4) is 0 Å². The van der Waals surface area contributed by atoms with Crippen LogP contribution < -0.4 is 97.0 Å². The van der Waals surface area contributed by atoms with E-state index in [1.165, 1.54) is 21.6 Å². The lowest BCUT2D eigenvalue weighted by molar-refractivity contribution is -0.151. The second-order valence-electron chi connectivity index (χ2n) is 36.4. The van der Waals surface area contributed by atoms with Crippen LogP contribution in [-0.4, -0.2) is 345 Å². The van der Waals surface area contributed by atoms with Crippen molar-refractivity contribution in [3.8, 4) is 0 Å². The van der Waals surface area contributed by atoms with Gasteiger partial charge in [0.2, 0.25) is 118 Å². The second-order valence-corrected chi connectivity index (χ2v) is 36.4. The van der Waals surface area contributed by atoms with Gasteiger partial charge in [-0.1, -0.05) is 96.5 Å². The number of likely N-dealkylation sites (tertiary alicyclic amines) is 4. The first kappa shape index (κ1) is 114. The molecule has 1 aromatic heterocycles. The highest BCUT2D eigenvalue weighted by atomic mass is 16.4. The number of carboxylic acids is 1. The number of amides is 20. The van der Waals surface area contributed by atoms with Crippen molar-refractivity contribution >= 4 is 135 Å². The standard InChI is InChI=1S/C92H139N23O25/c1-9-51(6)76(111-85(133)61(39-53-21-11-10-12-22-53)105-82(130)59(96-8)37-49(2)3)89(137)103-58(30-31-75(123)124)81(129)106-62(40-54-42-97-56-24-14-13-23-55(54)56)84(132)104-60(38-50(4)5)83(131)102-57(25-15-16-32-93)80(128)107-63(41-71(94)119)78(126)99-43-72(120)98-45-74(122)112-33-17-26-67(112)87(135)110-66(48-118)86(134)109-65(47-117)79(127)100-44-73(121)101-52(7)90(138)114-35-19-28-69(114)92(140)115-36-20-29-70(115)91(139)113-34-18-27-68(113)88(136)108-64(46-116)77(95)125/h10-14,21-24,42,49-52,57-70,76,96-97,116-118H,9,15-20,25-41,43-48,93H2,1-8H3,(H2,94,119)(H2,95,125)(H,98,120)(H,99,126)(H,100,127)(H,101,121)(H,102,131)(H,103,137)(H,104,132)(H,105,130)(H,106,129)(H,107,128)(H,108,136)(H,109,134)(H,110,135)(H,111,133)(H,123,124)/t51?,52-,57-,58-,59-,60-,61-,62?,63-,64-,65-,66-,67-,68-,69-,70-,76-/m0/s1. The van der Waals surface area contributed by atoms with Gasteiger partial charge < -0.3 is 142 Å². The first-order valence-electron chi connectivity index (χ1n) is 47.5. The molecular weight excluding hydrogens is 1830 g/mol. The van der Waals surface area contributed by atoms with E-state index in [4.69, 9.17) is 17.2 Å². The summed E-state index contributed by atoms with van der Waals surface area (Å²) in [6.45, 7) is 7.22. The van der Waals surface area contributed by atoms with Gasteiger partial charge in [-0.15, -0.1) is 0 Å². The lowest BCUT2D eigenvalue weighted by atomic mass is 9.96. The van der Waals surface area contributed by atoms with E-state index in [1.807, 2.05) is 13.8 Å². The minimum absolute atomic E-state index is 0.0138. The SMILES string of the molecule is CCC(C)[C@H](NC(=O)[C@H](Cc1ccccc1)NC(=O)[C@H](CC(C)C)NC)C(=O)N[C@@H](CCC(=O)O)C(=O)NC(Cc1c[nH]c2ccccc12)C(=O)N[C@@H](CC(C)C)C(=O)N[C@@H](CCCCN)C(=O)N[C@@H](CC(N)=O)C(=O)NCC(=O)NCC(=O)N1CCC[C@H]1C(=O)N[C@@H](CO)C(=O)N[C@@H](CO)C(=O)NCC(=O)N[C@@H](C)C(=O)N1CCC[C@H]1C(=O)N1CCC[C@H]1C(=O)N1CCC[C@H]1C(=O)N[C@@H](CO)C(N)=O. The average Bonchev–Trinajstić information content (AvgIpc) is 1.64. The summed E-state index contributed by atoms with van der Waals surface area (Å²) in [4.78, 5) is 297. The highest BCUT2D eigenvalue weighted by Gasteiger charge is 2.48. The number of nitrogens with two attached hydrogens (primary N) is 3. The van der Waals surface area contributed by atoms with Crippen molar-refractivity contribution in [2.24, 2.45) is 35.0 Å². The fraction of sp³-hybridized carbons (Fsp3) is 0.620. The highest BCUT2D eigenvalue weighted by molar-refractivity contribution is 6.03. The molecule has 140 heavy (non-hydrogen) atoms. The van der Waals surface area contributed by atoms with Crippen LogP contribution in [-0.2, 0) is 114 Å². The van der Waals surface area contributed by atoms with Gasteiger partial charge in [0.1, 0.15) is 90.6 Å². The van der Waals surface area contributed by atoms with E-state index in [0.29, 0.717) is 60.6 Å². The number of rotatable bonds is 56. The maximum absolute atomic E-state index is 15.1. The van der Waals surface area contributed by atoms with Gasteiger partial charge in [-0.2, -0.15) is 0 Å². The Bertz CT molecular complexity index is 4870. The van der Waals surface area contributed by atoms with Crippen LogP contribution in [0.15, 0.2) is 60.8 Å². The Labute approximate surface area is 810 Å². The molecule has 0 aliphatic carbocycles. The van der Waals surface area contributed by atoms with Gasteiger partial charge in [-0.25, -0.2) is 0 Å². The second kappa shape index (κ2) is 56.0. The van der Waals surface area contributed by atoms with Crippen molar-refractivity contribution in [1.29, 1.82) is 0 Å². The van der Waals surface area contributed by atoms with E-state index in [0.717, 1.165) is 4.90 Å². The monoisotopic (exact) mass is 1970 g/mol. The largest absolute Gasteiger partial charge is 0.481 e. The molecular formula is C92H139N23O25. The Balaban J connectivity index is 0.927. The molecule has 0 saturated carbocycles. The zero-order chi connectivity index (χ0) is 103. The number of H-pyrrole nitrogens is 1. The van der Waals surface area contributed by atoms with Crippen LogP contribution in [0.25, 0.3) is 10.9 Å². The number of fused-ring (bicyclic) bond motifs is 1. The summed E-state index contributed by atoms with van der Waals surface area (Å²) in [6, 6.07) is -6.10. The summed E-state index contributed by atoms with van der Waals surface area (Å²) in [5.74, 6) is -20.0. The molecule has 5 heterocycles. The number of hydrogen-bond acceptors (Lipinski definition) is 26. The third-order valence-electron chi connectivity index (χ3n) is 24.9. The Morgan fingerprint density at radius 2 is 0.893 bits per heavy atom. The number of benzene rings is 2. The van der Waals surface area contributed by atoms with E-state index in [2.05, 4.69) is 84.7 Å². The summed E-state index contributed by atoms with van der Waals surface area (Å²) in [6.07, 6.45) is 2.50. The van der Waals surface area contributed by atoms with Gasteiger partial charge in [0, 0.05) is 62.5 Å². The van der Waals surface area contributed by atoms with Crippen molar-refractivity contribution in [2.45, 2.75) is 267 Å². The number of aliphatic hydroxyl groups excluding tert-OH is 3. The van der Waals surface area contributed by atoms with Gasteiger partial charge in [0.05, 0.1) is 51.9 Å². The van der Waals surface area contributed by atoms with Crippen molar-refractivity contribution in [3.05, 3.63) is 71.9 Å². The number of aliphatic hydroxyl groups is 3. The Morgan fingerprint density at radius 1 is 0.443 bits per heavy atom. The molecule has 48 nitrogen and oxygen atoms in total. The number of aromatic nitrogens is 1. The van der Waals surface area contributed by atoms with Gasteiger partial charge in [-0.3, -0.25) is 101 Å². The number of para-hydroxylation sites is 1. The van der Waals surface area contributed by atoms with Crippen LogP contribution in [0.4, 0.5) is 0 Å². The summed E-state index contributed by atoms with van der Waals surface area (Å²) in [5, 5.41) is 78.3. The fourth-order valence-electron chi connectivity index (χ4n) is 17.1. The van der Waals surface area contributed by atoms with Gasteiger partial charge in [0.25, 0.3) is 0 Å². The van der Waals surface area contributed by atoms with Crippen LogP contribution in [0.5, 0.6) is 0 Å². The summed E-state index contributed by atoms with van der Waals surface area (Å²) < 4.78 is 0. The number of carboxylic acid groups (broad SMARTS) is 1. The van der Waals surface area contributed by atoms with Crippen LogP contribution >= 0.6 is 0 Å². The Kier molecular flexibility index (Phi) is 45.5. The molecule has 48 heteroatoms. The Morgan fingerprint density at radius 3 is 1.46 bits per heavy atom. The molecule has 2 aromatic carbocycles. The molecule has 20 amide bonds. The Hall–Kier alpha value is -13.3. The van der Waals surface area contributed by atoms with Gasteiger partial charge >= 0.3 is 5.97 Å². The number of likely N-dealkylation sites (N-methyl/N-ethyl adjacent to an activating group) is 1. The van der Waals surface area contributed by atoms with E-state index in [1.54, 1.807) is 95.5 Å². The number of primary amides is 2. The van der Waals surface area contributed by atoms with Crippen molar-refractivity contribution in [2.75, 3.05) is 79.2 Å². The first-order chi connectivity index (χ1) is 66.6. The lowest BCUT2D eigenvalue weighted by Crippen LogP contribution is -2.61. The van der Waals surface area contributed by atoms with Gasteiger partial charge in [-0.05, 0) is 145 Å². The third-order valence-corrected chi connectivity index (χ3v) is 24.9. The number of hydrogen-bond donors (Lipinski definition) is 23. The lowest BCUT2D eigenvalue weighted by Gasteiger charge is -2.34. The first-order valence-corrected chi connectivity index (χ1v) is 47.5. The topological polar surface area (TPSA) is 727 Å². The van der Waals surface area contributed by atoms with Crippen molar-refractivity contribution < 1.29 is 121 Å². The molecule has 0 bridgehead atoms. The van der Waals surface area contributed by atoms with Crippen molar-refractivity contribution in [3.63, 3.8) is 0 Å². The number of nitrogens with one attached hydrogen (secondary N) is 16. The number of unbranched alkanes of at least 4 members (excludes halogenated alkanes) is 1. The van der Waals surface area contributed by atoms with Crippen LogP contribution in [0.1, 0.15) is 169 Å². The number of aliphatic carboxylic acids is 1. The molecule has 26 N–H and O–H groups in total. The normalized spacial score (nSPS) is 18.4. The molecule has 3 aromatic rings. The molecule has 7 rings (SSSR count). The summed E-state index contributed by atoms with van der Waals surface area (Å²) in [5.41, 5.74) is 18.5. The number of carbonyl (C=O) groups is 21. The molecule has 0 spiro atoms. The van der Waals surface area contributed by atoms with E-state index < -0.39 is 285 Å². The molecule has 4 aliphatic heterocycles. The summed E-state index contributed by atoms with van der Waals surface area (Å²) in [7, 11) is 1.62. The minimum Gasteiger partial charge on any atom is -0.481 e. The highest BCUT2D eigenvalue weighted by Crippen LogP contribution is 2.30. The predicted molar refractivity (Wildman–Crippen MR) is 502 cm³/mol.